The zero-order valence-corrected chi connectivity index (χ0v) is 26.0. The van der Waals surface area contributed by atoms with Gasteiger partial charge in [-0.3, -0.25) is 9.98 Å². The summed E-state index contributed by atoms with van der Waals surface area (Å²) in [7, 11) is 0. The summed E-state index contributed by atoms with van der Waals surface area (Å²) in [5.41, 5.74) is 6.26. The summed E-state index contributed by atoms with van der Waals surface area (Å²) < 4.78 is 17.8. The topological polar surface area (TPSA) is 58.0 Å². The molecule has 0 saturated carbocycles. The van der Waals surface area contributed by atoms with E-state index in [9.17, 15) is 9.18 Å². The smallest absolute Gasteiger partial charge is 0.409 e. The van der Waals surface area contributed by atoms with Crippen molar-refractivity contribution >= 4 is 29.0 Å². The van der Waals surface area contributed by atoms with E-state index in [0.29, 0.717) is 19.7 Å². The molecule has 1 aromatic carbocycles. The number of aryl methyl sites for hydroxylation is 1. The molecule has 0 spiro atoms. The number of halogens is 2. The fourth-order valence-corrected chi connectivity index (χ4v) is 4.71. The Labute approximate surface area is 250 Å². The Morgan fingerprint density at radius 1 is 1.10 bits per heavy atom. The van der Waals surface area contributed by atoms with E-state index in [0.717, 1.165) is 66.2 Å². The lowest BCUT2D eigenvalue weighted by atomic mass is 9.95. The Hall–Kier alpha value is -3.45. The number of aliphatic imine (C=N–C) groups is 1. The van der Waals surface area contributed by atoms with Crippen LogP contribution in [0.4, 0.5) is 9.18 Å². The molecule has 0 bridgehead atoms. The van der Waals surface area contributed by atoms with Crippen molar-refractivity contribution < 1.29 is 13.9 Å². The predicted octanol–water partition coefficient (Wildman–Crippen LogP) is 8.35. The number of hydrogen-bond acceptors (Lipinski definition) is 5. The Bertz CT molecular complexity index is 1230. The molecule has 0 radical (unpaired) electrons. The van der Waals surface area contributed by atoms with Crippen LogP contribution in [0.2, 0.25) is 5.02 Å². The molecule has 2 aromatic rings. The van der Waals surface area contributed by atoms with Gasteiger partial charge < -0.3 is 14.5 Å². The molecule has 6 nitrogen and oxygen atoms in total. The summed E-state index contributed by atoms with van der Waals surface area (Å²) in [4.78, 5) is 25.4. The highest BCUT2D eigenvalue weighted by Crippen LogP contribution is 2.28. The Balaban J connectivity index is 0.000000446. The van der Waals surface area contributed by atoms with E-state index in [-0.39, 0.29) is 16.9 Å². The average molecular weight is 583 g/mol. The molecule has 2 heterocycles. The van der Waals surface area contributed by atoms with Gasteiger partial charge in [-0.05, 0) is 70.4 Å². The largest absolute Gasteiger partial charge is 0.450 e. The first-order chi connectivity index (χ1) is 19.8. The van der Waals surface area contributed by atoms with Crippen molar-refractivity contribution in [2.75, 3.05) is 32.8 Å². The van der Waals surface area contributed by atoms with Gasteiger partial charge in [-0.25, -0.2) is 9.18 Å². The van der Waals surface area contributed by atoms with Crippen LogP contribution >= 0.6 is 11.6 Å². The first kappa shape index (κ1) is 33.8. The number of ether oxygens (including phenoxy) is 1. The molecule has 1 aromatic heterocycles. The summed E-state index contributed by atoms with van der Waals surface area (Å²) >= 11 is 5.57. The number of carbonyl (C=O) groups is 1. The number of hydrogen-bond donors (Lipinski definition) is 0. The lowest BCUT2D eigenvalue weighted by Crippen LogP contribution is -2.48. The molecule has 1 fully saturated rings. The van der Waals surface area contributed by atoms with Crippen molar-refractivity contribution in [2.24, 2.45) is 4.99 Å². The number of aromatic nitrogens is 1. The molecule has 1 amide bonds. The first-order valence-electron chi connectivity index (χ1n) is 14.4. The quantitative estimate of drug-likeness (QED) is 0.220. The van der Waals surface area contributed by atoms with E-state index < -0.39 is 0 Å². The number of benzene rings is 1. The maximum atomic E-state index is 12.6. The van der Waals surface area contributed by atoms with Gasteiger partial charge in [0.05, 0.1) is 17.3 Å². The standard InChI is InChI=1S/C24H34N4O2.C9H10ClF/c1-6-9-13-25-19(4)23(21(7-2)22-12-10-11-14-26-22)20(5)27-15-17-28(18-16-27)24(29)30-8-3;1-2-3-7-4-5-9(11)8(10)6-7/h7,9-14H,6,8,15-18H2,1-5H3;4-6H,2-3H2,1H3/b13-9+,21-7-,23-20-,25-19+;. The molecule has 0 N–H and O–H groups in total. The van der Waals surface area contributed by atoms with Crippen molar-refractivity contribution in [3.63, 3.8) is 0 Å². The number of pyridine rings is 1. The highest BCUT2D eigenvalue weighted by molar-refractivity contribution is 6.30. The van der Waals surface area contributed by atoms with Gasteiger partial charge in [-0.1, -0.05) is 56.2 Å². The van der Waals surface area contributed by atoms with Gasteiger partial charge in [0, 0.05) is 61.1 Å². The second kappa shape index (κ2) is 18.1. The fraction of sp³-hybridized carbons (Fsp3) is 0.424. The van der Waals surface area contributed by atoms with Crippen molar-refractivity contribution in [1.82, 2.24) is 14.8 Å². The van der Waals surface area contributed by atoms with Crippen molar-refractivity contribution in [1.29, 1.82) is 0 Å². The lowest BCUT2D eigenvalue weighted by molar-refractivity contribution is 0.0868. The van der Waals surface area contributed by atoms with Gasteiger partial charge in [0.2, 0.25) is 0 Å². The molecule has 41 heavy (non-hydrogen) atoms. The fourth-order valence-electron chi connectivity index (χ4n) is 4.51. The number of piperazine rings is 1. The van der Waals surface area contributed by atoms with Crippen LogP contribution < -0.4 is 0 Å². The van der Waals surface area contributed by atoms with Crippen molar-refractivity contribution in [3.05, 3.63) is 94.3 Å². The van der Waals surface area contributed by atoms with Crippen LogP contribution in [0.25, 0.3) is 5.57 Å². The van der Waals surface area contributed by atoms with Crippen LogP contribution in [0.1, 0.15) is 65.6 Å². The Morgan fingerprint density at radius 2 is 1.80 bits per heavy atom. The van der Waals surface area contributed by atoms with Gasteiger partial charge >= 0.3 is 6.09 Å². The van der Waals surface area contributed by atoms with Crippen molar-refractivity contribution in [3.8, 4) is 0 Å². The van der Waals surface area contributed by atoms with Crippen LogP contribution in [0.3, 0.4) is 0 Å². The maximum Gasteiger partial charge on any atom is 0.409 e. The molecule has 222 valence electrons. The third-order valence-corrected chi connectivity index (χ3v) is 6.92. The summed E-state index contributed by atoms with van der Waals surface area (Å²) in [5, 5.41) is 0.218. The van der Waals surface area contributed by atoms with E-state index >= 15 is 0 Å². The number of nitrogens with zero attached hydrogens (tertiary/aromatic N) is 4. The summed E-state index contributed by atoms with van der Waals surface area (Å²) in [6.45, 7) is 15.4. The normalized spacial score (nSPS) is 14.9. The van der Waals surface area contributed by atoms with E-state index in [1.54, 1.807) is 17.0 Å². The van der Waals surface area contributed by atoms with Gasteiger partial charge in [-0.15, -0.1) is 0 Å². The molecule has 1 aliphatic rings. The second-order valence-corrected chi connectivity index (χ2v) is 9.96. The third kappa shape index (κ3) is 10.5. The lowest BCUT2D eigenvalue weighted by Gasteiger charge is -2.37. The highest BCUT2D eigenvalue weighted by atomic mass is 35.5. The number of amides is 1. The minimum absolute atomic E-state index is 0.218. The van der Waals surface area contributed by atoms with E-state index in [2.05, 4.69) is 36.7 Å². The minimum Gasteiger partial charge on any atom is -0.450 e. The minimum atomic E-state index is -0.341. The first-order valence-corrected chi connectivity index (χ1v) is 14.7. The van der Waals surface area contributed by atoms with Crippen LogP contribution in [0, 0.1) is 5.82 Å². The monoisotopic (exact) mass is 582 g/mol. The average Bonchev–Trinajstić information content (AvgIpc) is 2.98. The Morgan fingerprint density at radius 3 is 2.37 bits per heavy atom. The highest BCUT2D eigenvalue weighted by Gasteiger charge is 2.25. The molecule has 0 atom stereocenters. The van der Waals surface area contributed by atoms with Gasteiger partial charge in [0.1, 0.15) is 5.82 Å². The van der Waals surface area contributed by atoms with Crippen LogP contribution in [0.5, 0.6) is 0 Å². The van der Waals surface area contributed by atoms with Crippen LogP contribution in [-0.2, 0) is 11.2 Å². The van der Waals surface area contributed by atoms with Gasteiger partial charge in [0.25, 0.3) is 0 Å². The molecule has 1 aliphatic heterocycles. The van der Waals surface area contributed by atoms with Crippen molar-refractivity contribution in [2.45, 2.75) is 60.8 Å². The van der Waals surface area contributed by atoms with E-state index in [4.69, 9.17) is 21.3 Å². The maximum absolute atomic E-state index is 12.6. The number of rotatable bonds is 9. The third-order valence-electron chi connectivity index (χ3n) is 6.63. The van der Waals surface area contributed by atoms with Crippen LogP contribution in [-0.4, -0.2) is 59.4 Å². The summed E-state index contributed by atoms with van der Waals surface area (Å²) in [5.74, 6) is -0.341. The van der Waals surface area contributed by atoms with E-state index in [1.807, 2.05) is 57.4 Å². The Kier molecular flexibility index (Phi) is 14.9. The van der Waals surface area contributed by atoms with Gasteiger partial charge in [0.15, 0.2) is 0 Å². The number of allylic oxidation sites excluding steroid dienone is 5. The molecular weight excluding hydrogens is 539 g/mol. The molecular formula is C33H44ClFN4O2. The molecule has 0 aliphatic carbocycles. The molecule has 8 heteroatoms. The zero-order valence-electron chi connectivity index (χ0n) is 25.3. The second-order valence-electron chi connectivity index (χ2n) is 9.56. The number of carbonyl (C=O) groups excluding carboxylic acids is 1. The SMILES string of the molecule is CCCc1ccc(F)c(Cl)c1.C\C=C(C(/C(C)=N/C=C/CC)=C(/C)N1CCN(C(=O)OCC)CC1)\c1ccccn1. The summed E-state index contributed by atoms with van der Waals surface area (Å²) in [6.07, 6.45) is 10.6. The predicted molar refractivity (Wildman–Crippen MR) is 169 cm³/mol. The molecule has 3 rings (SSSR count). The van der Waals surface area contributed by atoms with Gasteiger partial charge in [-0.2, -0.15) is 0 Å². The van der Waals surface area contributed by atoms with E-state index in [1.165, 1.54) is 6.07 Å². The molecule has 1 saturated heterocycles. The molecule has 0 unspecified atom stereocenters. The van der Waals surface area contributed by atoms with Crippen LogP contribution in [0.15, 0.2) is 77.2 Å². The zero-order chi connectivity index (χ0) is 30.2. The summed E-state index contributed by atoms with van der Waals surface area (Å²) in [6, 6.07) is 10.8.